The van der Waals surface area contributed by atoms with E-state index >= 15 is 0 Å². The molecule has 1 heterocycles. The van der Waals surface area contributed by atoms with E-state index < -0.39 is 17.5 Å². The van der Waals surface area contributed by atoms with E-state index in [1.165, 1.54) is 13.2 Å². The Morgan fingerprint density at radius 2 is 2.00 bits per heavy atom. The van der Waals surface area contributed by atoms with Crippen molar-refractivity contribution in [1.82, 2.24) is 16.0 Å². The summed E-state index contributed by atoms with van der Waals surface area (Å²) in [6, 6.07) is 7.29. The van der Waals surface area contributed by atoms with Crippen LogP contribution in [0.1, 0.15) is 27.0 Å². The highest BCUT2D eigenvalue weighted by Gasteiger charge is 2.16. The maximum atomic E-state index is 14.1. The smallest absolute Gasteiger partial charge is 0.251 e. The Morgan fingerprint density at radius 1 is 1.21 bits per heavy atom. The summed E-state index contributed by atoms with van der Waals surface area (Å²) in [6.45, 7) is 1.26. The van der Waals surface area contributed by atoms with Crippen molar-refractivity contribution in [2.45, 2.75) is 19.7 Å². The number of aliphatic hydroxyl groups is 1. The lowest BCUT2D eigenvalue weighted by molar-refractivity contribution is 0.0950. The van der Waals surface area contributed by atoms with Crippen molar-refractivity contribution >= 4 is 11.9 Å². The van der Waals surface area contributed by atoms with E-state index in [2.05, 4.69) is 20.9 Å². The second-order valence-electron chi connectivity index (χ2n) is 6.47. The molecule has 0 spiro atoms. The number of aliphatic imine (C=N–C) groups is 1. The summed E-state index contributed by atoms with van der Waals surface area (Å²) in [5, 5.41) is 17.8. The lowest BCUT2D eigenvalue weighted by Gasteiger charge is -2.12. The van der Waals surface area contributed by atoms with Gasteiger partial charge in [-0.2, -0.15) is 0 Å². The molecule has 0 aromatic heterocycles. The van der Waals surface area contributed by atoms with E-state index in [4.69, 9.17) is 4.74 Å². The van der Waals surface area contributed by atoms with Crippen LogP contribution in [0.3, 0.4) is 0 Å². The third-order valence-corrected chi connectivity index (χ3v) is 4.38. The largest absolute Gasteiger partial charge is 0.497 e. The average molecular weight is 404 g/mol. The van der Waals surface area contributed by atoms with Crippen LogP contribution < -0.4 is 20.7 Å². The molecule has 0 saturated heterocycles. The third kappa shape index (κ3) is 5.20. The fraction of sp³-hybridized carbons (Fsp3) is 0.300. The van der Waals surface area contributed by atoms with Crippen molar-refractivity contribution < 1.29 is 23.4 Å². The zero-order chi connectivity index (χ0) is 20.8. The summed E-state index contributed by atoms with van der Waals surface area (Å²) in [5.41, 5.74) is 1.37. The van der Waals surface area contributed by atoms with Gasteiger partial charge in [0.2, 0.25) is 0 Å². The summed E-state index contributed by atoms with van der Waals surface area (Å²) in [5.74, 6) is -1.59. The molecule has 3 rings (SSSR count). The lowest BCUT2D eigenvalue weighted by atomic mass is 10.1. The fourth-order valence-corrected chi connectivity index (χ4v) is 2.93. The van der Waals surface area contributed by atoms with Crippen LogP contribution in [0.15, 0.2) is 35.3 Å². The van der Waals surface area contributed by atoms with E-state index in [0.29, 0.717) is 35.9 Å². The number of hydrogen-bond donors (Lipinski definition) is 4. The number of ether oxygens (including phenoxy) is 1. The molecule has 29 heavy (non-hydrogen) atoms. The van der Waals surface area contributed by atoms with Gasteiger partial charge in [-0.1, -0.05) is 6.07 Å². The van der Waals surface area contributed by atoms with Gasteiger partial charge in [0.15, 0.2) is 17.6 Å². The third-order valence-electron chi connectivity index (χ3n) is 4.38. The minimum atomic E-state index is -1.10. The first-order valence-electron chi connectivity index (χ1n) is 9.06. The SMILES string of the molecule is COc1cc(CO)cc(CNC(=O)c2cc(F)c(F)c(CNC3=NCCN3)c2)c1. The van der Waals surface area contributed by atoms with E-state index in [1.807, 2.05) is 0 Å². The molecular formula is C20H22F2N4O3. The Labute approximate surface area is 166 Å². The predicted octanol–water partition coefficient (Wildman–Crippen LogP) is 1.44. The molecule has 9 heteroatoms. The molecule has 154 valence electrons. The van der Waals surface area contributed by atoms with Gasteiger partial charge in [0.25, 0.3) is 5.91 Å². The molecule has 1 aliphatic heterocycles. The van der Waals surface area contributed by atoms with Crippen LogP contribution >= 0.6 is 0 Å². The number of amides is 1. The highest BCUT2D eigenvalue weighted by Crippen LogP contribution is 2.18. The number of guanidine groups is 1. The van der Waals surface area contributed by atoms with Crippen molar-refractivity contribution in [1.29, 1.82) is 0 Å². The van der Waals surface area contributed by atoms with Crippen molar-refractivity contribution in [2.75, 3.05) is 20.2 Å². The van der Waals surface area contributed by atoms with Gasteiger partial charge < -0.3 is 25.8 Å². The van der Waals surface area contributed by atoms with Crippen LogP contribution in [0.25, 0.3) is 0 Å². The standard InChI is InChI=1S/C20H22F2N4O3/c1-29-16-5-12(4-13(6-16)11-27)9-25-19(28)14-7-15(18(22)17(21)8-14)10-26-20-23-2-3-24-20/h4-8,27H,2-3,9-11H2,1H3,(H,25,28)(H2,23,24,26). The van der Waals surface area contributed by atoms with Gasteiger partial charge in [-0.3, -0.25) is 9.79 Å². The monoisotopic (exact) mass is 404 g/mol. The summed E-state index contributed by atoms with van der Waals surface area (Å²) < 4.78 is 33.2. The topological polar surface area (TPSA) is 95.0 Å². The molecule has 0 bridgehead atoms. The molecule has 2 aromatic rings. The Kier molecular flexibility index (Phi) is 6.61. The zero-order valence-electron chi connectivity index (χ0n) is 15.9. The number of halogens is 2. The molecule has 0 radical (unpaired) electrons. The quantitative estimate of drug-likeness (QED) is 0.560. The summed E-state index contributed by atoms with van der Waals surface area (Å²) in [4.78, 5) is 16.6. The van der Waals surface area contributed by atoms with Gasteiger partial charge in [-0.05, 0) is 35.4 Å². The molecular weight excluding hydrogens is 382 g/mol. The number of rotatable bonds is 7. The van der Waals surface area contributed by atoms with E-state index in [0.717, 1.165) is 6.07 Å². The summed E-state index contributed by atoms with van der Waals surface area (Å²) in [7, 11) is 1.50. The van der Waals surface area contributed by atoms with Crippen LogP contribution in [0.2, 0.25) is 0 Å². The van der Waals surface area contributed by atoms with Crippen LogP contribution in [-0.2, 0) is 19.7 Å². The minimum Gasteiger partial charge on any atom is -0.497 e. The van der Waals surface area contributed by atoms with Gasteiger partial charge in [-0.25, -0.2) is 8.78 Å². The van der Waals surface area contributed by atoms with Gasteiger partial charge in [0, 0.05) is 30.8 Å². The Balaban J connectivity index is 1.70. The second-order valence-corrected chi connectivity index (χ2v) is 6.47. The highest BCUT2D eigenvalue weighted by atomic mass is 19.2. The maximum absolute atomic E-state index is 14.1. The summed E-state index contributed by atoms with van der Waals surface area (Å²) >= 11 is 0. The van der Waals surface area contributed by atoms with Crippen LogP contribution in [0.5, 0.6) is 5.75 Å². The van der Waals surface area contributed by atoms with Crippen molar-refractivity contribution in [2.24, 2.45) is 4.99 Å². The number of methoxy groups -OCH3 is 1. The number of hydrogen-bond acceptors (Lipinski definition) is 6. The zero-order valence-corrected chi connectivity index (χ0v) is 15.9. The van der Waals surface area contributed by atoms with Crippen LogP contribution in [0.4, 0.5) is 8.78 Å². The molecule has 0 saturated carbocycles. The number of aliphatic hydroxyl groups excluding tert-OH is 1. The van der Waals surface area contributed by atoms with Gasteiger partial charge >= 0.3 is 0 Å². The number of carbonyl (C=O) groups excluding carboxylic acids is 1. The molecule has 0 atom stereocenters. The molecule has 0 fully saturated rings. The molecule has 0 unspecified atom stereocenters. The van der Waals surface area contributed by atoms with Crippen molar-refractivity contribution in [3.05, 3.63) is 64.2 Å². The minimum absolute atomic E-state index is 0.00676. The number of nitrogens with zero attached hydrogens (tertiary/aromatic N) is 1. The van der Waals surface area contributed by atoms with Crippen molar-refractivity contribution in [3.63, 3.8) is 0 Å². The summed E-state index contributed by atoms with van der Waals surface area (Å²) in [6.07, 6.45) is 0. The molecule has 4 N–H and O–H groups in total. The average Bonchev–Trinajstić information content (AvgIpc) is 3.26. The van der Waals surface area contributed by atoms with E-state index in [9.17, 15) is 18.7 Å². The first-order valence-corrected chi connectivity index (χ1v) is 9.06. The van der Waals surface area contributed by atoms with Crippen molar-refractivity contribution in [3.8, 4) is 5.75 Å². The normalized spacial score (nSPS) is 12.9. The first kappa shape index (κ1) is 20.5. The predicted molar refractivity (Wildman–Crippen MR) is 104 cm³/mol. The van der Waals surface area contributed by atoms with Crippen LogP contribution in [-0.4, -0.2) is 37.2 Å². The lowest BCUT2D eigenvalue weighted by Crippen LogP contribution is -2.33. The second kappa shape index (κ2) is 9.33. The van der Waals surface area contributed by atoms with E-state index in [1.54, 1.807) is 18.2 Å². The Bertz CT molecular complexity index is 912. The molecule has 2 aromatic carbocycles. The van der Waals surface area contributed by atoms with Gasteiger partial charge in [0.05, 0.1) is 20.3 Å². The molecule has 0 aliphatic carbocycles. The number of nitrogens with one attached hydrogen (secondary N) is 3. The van der Waals surface area contributed by atoms with Gasteiger partial charge in [0.1, 0.15) is 5.75 Å². The van der Waals surface area contributed by atoms with Crippen LogP contribution in [0, 0.1) is 11.6 Å². The Hall–Kier alpha value is -3.20. The molecule has 7 nitrogen and oxygen atoms in total. The van der Waals surface area contributed by atoms with E-state index in [-0.39, 0.29) is 30.8 Å². The maximum Gasteiger partial charge on any atom is 0.251 e. The Morgan fingerprint density at radius 3 is 2.69 bits per heavy atom. The number of carbonyl (C=O) groups is 1. The number of benzene rings is 2. The van der Waals surface area contributed by atoms with Gasteiger partial charge in [-0.15, -0.1) is 0 Å². The molecule has 1 amide bonds. The first-order chi connectivity index (χ1) is 14.0. The highest BCUT2D eigenvalue weighted by molar-refractivity contribution is 5.94. The molecule has 1 aliphatic rings. The fourth-order valence-electron chi connectivity index (χ4n) is 2.93.